The summed E-state index contributed by atoms with van der Waals surface area (Å²) in [6, 6.07) is 9.52. The number of hydrazine groups is 1. The first-order valence-corrected chi connectivity index (χ1v) is 8.46. The van der Waals surface area contributed by atoms with Gasteiger partial charge in [0.15, 0.2) is 0 Å². The topological polar surface area (TPSA) is 67.4 Å². The van der Waals surface area contributed by atoms with E-state index in [1.165, 1.54) is 24.3 Å². The number of halogens is 4. The fraction of sp³-hybridized carbons (Fsp3) is 0.158. The maximum absolute atomic E-state index is 12.8. The molecule has 0 aliphatic carbocycles. The Hall–Kier alpha value is -3.00. The van der Waals surface area contributed by atoms with Crippen LogP contribution in [0.25, 0.3) is 6.08 Å². The molecule has 148 valence electrons. The van der Waals surface area contributed by atoms with Crippen molar-refractivity contribution in [3.05, 3.63) is 70.3 Å². The van der Waals surface area contributed by atoms with Crippen molar-refractivity contribution in [2.24, 2.45) is 0 Å². The molecule has 0 saturated carbocycles. The van der Waals surface area contributed by atoms with Gasteiger partial charge in [0.2, 0.25) is 0 Å². The number of hydrogen-bond donors (Lipinski definition) is 2. The van der Waals surface area contributed by atoms with E-state index >= 15 is 0 Å². The predicted octanol–water partition coefficient (Wildman–Crippen LogP) is 4.23. The molecule has 0 aromatic heterocycles. The lowest BCUT2D eigenvalue weighted by atomic mass is 10.1. The molecule has 0 fully saturated rings. The zero-order chi connectivity index (χ0) is 20.7. The lowest BCUT2D eigenvalue weighted by Gasteiger charge is -2.09. The lowest BCUT2D eigenvalue weighted by Crippen LogP contribution is -2.40. The van der Waals surface area contributed by atoms with Gasteiger partial charge >= 0.3 is 6.18 Å². The van der Waals surface area contributed by atoms with Gasteiger partial charge in [-0.2, -0.15) is 13.2 Å². The number of carbonyl (C=O) groups is 2. The molecule has 5 nitrogen and oxygen atoms in total. The third kappa shape index (κ3) is 6.02. The average molecular weight is 413 g/mol. The molecule has 0 spiro atoms. The van der Waals surface area contributed by atoms with E-state index in [2.05, 4.69) is 10.9 Å². The standard InChI is InChI=1S/C19H16ClF3N2O3/c1-2-28-14-7-5-13(6-8-14)18(27)25-24-17(26)10-4-12-3-9-16(20)15(11-12)19(21,22)23/h3-11H,2H2,1H3,(H,24,26)(H,25,27)/b10-4+. The molecule has 28 heavy (non-hydrogen) atoms. The van der Waals surface area contributed by atoms with Crippen LogP contribution in [0.5, 0.6) is 5.75 Å². The van der Waals surface area contributed by atoms with Crippen molar-refractivity contribution in [2.75, 3.05) is 6.61 Å². The van der Waals surface area contributed by atoms with Crippen molar-refractivity contribution in [1.82, 2.24) is 10.9 Å². The highest BCUT2D eigenvalue weighted by molar-refractivity contribution is 6.31. The van der Waals surface area contributed by atoms with Crippen LogP contribution in [-0.2, 0) is 11.0 Å². The minimum absolute atomic E-state index is 0.129. The van der Waals surface area contributed by atoms with Gasteiger partial charge in [0.1, 0.15) is 5.75 Å². The first kappa shape index (κ1) is 21.3. The second kappa shape index (κ2) is 9.27. The van der Waals surface area contributed by atoms with E-state index in [-0.39, 0.29) is 5.56 Å². The normalized spacial score (nSPS) is 11.3. The van der Waals surface area contributed by atoms with E-state index in [0.717, 1.165) is 18.2 Å². The Morgan fingerprint density at radius 2 is 1.79 bits per heavy atom. The number of ether oxygens (including phenoxy) is 1. The molecule has 0 atom stereocenters. The number of carbonyl (C=O) groups excluding carboxylic acids is 2. The quantitative estimate of drug-likeness (QED) is 0.570. The molecule has 9 heteroatoms. The second-order valence-corrected chi connectivity index (χ2v) is 5.88. The summed E-state index contributed by atoms with van der Waals surface area (Å²) in [6.45, 7) is 2.32. The molecule has 0 aliphatic heterocycles. The van der Waals surface area contributed by atoms with Crippen molar-refractivity contribution >= 4 is 29.5 Å². The SMILES string of the molecule is CCOc1ccc(C(=O)NNC(=O)/C=C/c2ccc(Cl)c(C(F)(F)F)c2)cc1. The number of benzene rings is 2. The Balaban J connectivity index is 1.94. The molecule has 0 heterocycles. The Morgan fingerprint density at radius 3 is 2.39 bits per heavy atom. The van der Waals surface area contributed by atoms with E-state index in [0.29, 0.717) is 17.9 Å². The van der Waals surface area contributed by atoms with Gasteiger partial charge in [-0.3, -0.25) is 20.4 Å². The summed E-state index contributed by atoms with van der Waals surface area (Å²) in [5.41, 5.74) is 3.76. The van der Waals surface area contributed by atoms with Gasteiger partial charge in [-0.15, -0.1) is 0 Å². The van der Waals surface area contributed by atoms with Crippen LogP contribution in [0.2, 0.25) is 5.02 Å². The van der Waals surface area contributed by atoms with Crippen LogP contribution in [0.4, 0.5) is 13.2 Å². The van der Waals surface area contributed by atoms with Crippen LogP contribution in [-0.4, -0.2) is 18.4 Å². The van der Waals surface area contributed by atoms with E-state index in [9.17, 15) is 22.8 Å². The highest BCUT2D eigenvalue weighted by Crippen LogP contribution is 2.35. The molecule has 0 radical (unpaired) electrons. The van der Waals surface area contributed by atoms with Gasteiger partial charge in [-0.25, -0.2) is 0 Å². The number of hydrogen-bond acceptors (Lipinski definition) is 3. The van der Waals surface area contributed by atoms with Gasteiger partial charge in [0, 0.05) is 11.6 Å². The zero-order valence-corrected chi connectivity index (χ0v) is 15.4. The van der Waals surface area contributed by atoms with E-state index in [4.69, 9.17) is 16.3 Å². The molecular formula is C19H16ClF3N2O3. The highest BCUT2D eigenvalue weighted by atomic mass is 35.5. The molecule has 0 saturated heterocycles. The third-order valence-corrected chi connectivity index (χ3v) is 3.78. The maximum Gasteiger partial charge on any atom is 0.417 e. The monoisotopic (exact) mass is 412 g/mol. The van der Waals surface area contributed by atoms with Gasteiger partial charge in [0.05, 0.1) is 17.2 Å². The van der Waals surface area contributed by atoms with Gasteiger partial charge in [-0.05, 0) is 55.0 Å². The van der Waals surface area contributed by atoms with Crippen molar-refractivity contribution in [3.63, 3.8) is 0 Å². The Kier molecular flexibility index (Phi) is 7.06. The fourth-order valence-electron chi connectivity index (χ4n) is 2.14. The fourth-order valence-corrected chi connectivity index (χ4v) is 2.36. The largest absolute Gasteiger partial charge is 0.494 e. The van der Waals surface area contributed by atoms with Crippen LogP contribution in [0.15, 0.2) is 48.5 Å². The van der Waals surface area contributed by atoms with E-state index in [1.54, 1.807) is 12.1 Å². The van der Waals surface area contributed by atoms with Gasteiger partial charge in [-0.1, -0.05) is 17.7 Å². The summed E-state index contributed by atoms with van der Waals surface area (Å²) >= 11 is 5.53. The molecule has 0 bridgehead atoms. The maximum atomic E-state index is 12.8. The predicted molar refractivity (Wildman–Crippen MR) is 98.7 cm³/mol. The van der Waals surface area contributed by atoms with Crippen LogP contribution < -0.4 is 15.6 Å². The first-order valence-electron chi connectivity index (χ1n) is 8.08. The lowest BCUT2D eigenvalue weighted by molar-refractivity contribution is -0.137. The number of nitrogens with one attached hydrogen (secondary N) is 2. The molecule has 2 amide bonds. The first-order chi connectivity index (χ1) is 13.2. The van der Waals surface area contributed by atoms with Gasteiger partial charge in [0.25, 0.3) is 11.8 Å². The highest BCUT2D eigenvalue weighted by Gasteiger charge is 2.33. The van der Waals surface area contributed by atoms with E-state index in [1.807, 2.05) is 6.92 Å². The minimum atomic E-state index is -4.60. The summed E-state index contributed by atoms with van der Waals surface area (Å²) in [5, 5.41) is -0.434. The summed E-state index contributed by atoms with van der Waals surface area (Å²) < 4.78 is 43.7. The molecule has 2 aromatic rings. The van der Waals surface area contributed by atoms with Crippen molar-refractivity contribution in [1.29, 1.82) is 0 Å². The Labute approximate surface area is 164 Å². The van der Waals surface area contributed by atoms with Crippen LogP contribution >= 0.6 is 11.6 Å². The Bertz CT molecular complexity index is 881. The van der Waals surface area contributed by atoms with Crippen LogP contribution in [0.3, 0.4) is 0 Å². The number of alkyl halides is 3. The van der Waals surface area contributed by atoms with E-state index < -0.39 is 28.6 Å². The van der Waals surface area contributed by atoms with Crippen LogP contribution in [0.1, 0.15) is 28.4 Å². The molecular weight excluding hydrogens is 397 g/mol. The van der Waals surface area contributed by atoms with Crippen LogP contribution in [0, 0.1) is 0 Å². The Morgan fingerprint density at radius 1 is 1.11 bits per heavy atom. The molecule has 0 unspecified atom stereocenters. The molecule has 0 aliphatic rings. The van der Waals surface area contributed by atoms with Crippen molar-refractivity contribution in [3.8, 4) is 5.75 Å². The number of amides is 2. The zero-order valence-electron chi connectivity index (χ0n) is 14.6. The molecule has 2 N–H and O–H groups in total. The second-order valence-electron chi connectivity index (χ2n) is 5.47. The third-order valence-electron chi connectivity index (χ3n) is 3.45. The molecule has 2 rings (SSSR count). The summed E-state index contributed by atoms with van der Waals surface area (Å²) in [5.74, 6) is -0.675. The van der Waals surface area contributed by atoms with Crippen molar-refractivity contribution in [2.45, 2.75) is 13.1 Å². The summed E-state index contributed by atoms with van der Waals surface area (Å²) in [7, 11) is 0. The summed E-state index contributed by atoms with van der Waals surface area (Å²) in [4.78, 5) is 23.7. The van der Waals surface area contributed by atoms with Crippen molar-refractivity contribution < 1.29 is 27.5 Å². The summed E-state index contributed by atoms with van der Waals surface area (Å²) in [6.07, 6.45) is -2.44. The number of rotatable bonds is 5. The minimum Gasteiger partial charge on any atom is -0.494 e. The molecule has 2 aromatic carbocycles. The smallest absolute Gasteiger partial charge is 0.417 e. The van der Waals surface area contributed by atoms with Gasteiger partial charge < -0.3 is 4.74 Å². The average Bonchev–Trinajstić information content (AvgIpc) is 2.65.